The summed E-state index contributed by atoms with van der Waals surface area (Å²) < 4.78 is 0. The number of piperidine rings is 1. The number of halogens is 1. The standard InChI is InChI=1S/C10H19ClN2O/c1-13-6-2-3-9(8-13)7-12-10(14)4-5-11/h9H,2-8H2,1H3,(H,12,14). The van der Waals surface area contributed by atoms with Crippen molar-refractivity contribution >= 4 is 17.5 Å². The van der Waals surface area contributed by atoms with Gasteiger partial charge < -0.3 is 10.2 Å². The van der Waals surface area contributed by atoms with Crippen LogP contribution in [0.1, 0.15) is 19.3 Å². The number of hydrogen-bond donors (Lipinski definition) is 1. The monoisotopic (exact) mass is 218 g/mol. The molecule has 14 heavy (non-hydrogen) atoms. The van der Waals surface area contributed by atoms with Crippen LogP contribution in [0.3, 0.4) is 0 Å². The summed E-state index contributed by atoms with van der Waals surface area (Å²) in [6, 6.07) is 0. The molecule has 0 aromatic carbocycles. The molecule has 1 amide bonds. The van der Waals surface area contributed by atoms with E-state index in [1.807, 2.05) is 0 Å². The molecule has 1 aliphatic rings. The van der Waals surface area contributed by atoms with Crippen molar-refractivity contribution < 1.29 is 4.79 Å². The Morgan fingerprint density at radius 1 is 1.64 bits per heavy atom. The number of likely N-dealkylation sites (tertiary alicyclic amines) is 1. The van der Waals surface area contributed by atoms with E-state index in [0.29, 0.717) is 18.2 Å². The number of hydrogen-bond acceptors (Lipinski definition) is 2. The zero-order chi connectivity index (χ0) is 10.4. The molecule has 1 unspecified atom stereocenters. The van der Waals surface area contributed by atoms with E-state index >= 15 is 0 Å². The molecule has 0 saturated carbocycles. The van der Waals surface area contributed by atoms with Crippen LogP contribution in [0.15, 0.2) is 0 Å². The Morgan fingerprint density at radius 2 is 2.43 bits per heavy atom. The van der Waals surface area contributed by atoms with Gasteiger partial charge in [-0.2, -0.15) is 0 Å². The van der Waals surface area contributed by atoms with Crippen LogP contribution in [-0.4, -0.2) is 43.4 Å². The van der Waals surface area contributed by atoms with Crippen LogP contribution in [0.2, 0.25) is 0 Å². The summed E-state index contributed by atoms with van der Waals surface area (Å²) in [6.07, 6.45) is 2.90. The summed E-state index contributed by atoms with van der Waals surface area (Å²) in [5, 5.41) is 2.92. The maximum absolute atomic E-state index is 11.2. The highest BCUT2D eigenvalue weighted by atomic mass is 35.5. The van der Waals surface area contributed by atoms with Crippen LogP contribution in [0.5, 0.6) is 0 Å². The second kappa shape index (κ2) is 6.25. The quantitative estimate of drug-likeness (QED) is 0.717. The minimum absolute atomic E-state index is 0.0771. The molecule has 1 heterocycles. The molecule has 1 saturated heterocycles. The summed E-state index contributed by atoms with van der Waals surface area (Å²) >= 11 is 5.47. The van der Waals surface area contributed by atoms with Crippen molar-refractivity contribution in [3.8, 4) is 0 Å². The molecule has 1 atom stereocenters. The minimum Gasteiger partial charge on any atom is -0.356 e. The lowest BCUT2D eigenvalue weighted by Gasteiger charge is -2.29. The molecule has 0 bridgehead atoms. The van der Waals surface area contributed by atoms with Crippen molar-refractivity contribution in [1.29, 1.82) is 0 Å². The van der Waals surface area contributed by atoms with Crippen LogP contribution in [0.4, 0.5) is 0 Å². The molecule has 0 aromatic heterocycles. The van der Waals surface area contributed by atoms with E-state index in [0.717, 1.165) is 13.1 Å². The molecular formula is C10H19ClN2O. The number of rotatable bonds is 4. The predicted octanol–water partition coefficient (Wildman–Crippen LogP) is 1.07. The first kappa shape index (κ1) is 11.8. The summed E-state index contributed by atoms with van der Waals surface area (Å²) in [6.45, 7) is 3.09. The van der Waals surface area contributed by atoms with Gasteiger partial charge in [0.2, 0.25) is 5.91 Å². The van der Waals surface area contributed by atoms with E-state index in [2.05, 4.69) is 17.3 Å². The summed E-state index contributed by atoms with van der Waals surface area (Å²) in [7, 11) is 2.13. The van der Waals surface area contributed by atoms with E-state index in [-0.39, 0.29) is 5.91 Å². The van der Waals surface area contributed by atoms with Crippen molar-refractivity contribution in [2.75, 3.05) is 32.6 Å². The Kier molecular flexibility index (Phi) is 5.26. The molecule has 1 aliphatic heterocycles. The molecule has 4 heteroatoms. The molecule has 82 valence electrons. The van der Waals surface area contributed by atoms with E-state index < -0.39 is 0 Å². The maximum atomic E-state index is 11.2. The maximum Gasteiger partial charge on any atom is 0.221 e. The van der Waals surface area contributed by atoms with Gasteiger partial charge >= 0.3 is 0 Å². The fourth-order valence-corrected chi connectivity index (χ4v) is 2.04. The summed E-state index contributed by atoms with van der Waals surface area (Å²) in [5.74, 6) is 1.11. The van der Waals surface area contributed by atoms with Gasteiger partial charge in [0, 0.05) is 25.4 Å². The third-order valence-electron chi connectivity index (χ3n) is 2.63. The second-order valence-corrected chi connectivity index (χ2v) is 4.39. The highest BCUT2D eigenvalue weighted by molar-refractivity contribution is 6.18. The lowest BCUT2D eigenvalue weighted by molar-refractivity contribution is -0.120. The number of alkyl halides is 1. The zero-order valence-electron chi connectivity index (χ0n) is 8.76. The largest absolute Gasteiger partial charge is 0.356 e. The third kappa shape index (κ3) is 4.29. The fraction of sp³-hybridized carbons (Fsp3) is 0.900. The van der Waals surface area contributed by atoms with Gasteiger partial charge in [0.1, 0.15) is 0 Å². The molecule has 1 fully saturated rings. The van der Waals surface area contributed by atoms with Gasteiger partial charge in [-0.05, 0) is 32.4 Å². The number of nitrogens with zero attached hydrogens (tertiary/aromatic N) is 1. The van der Waals surface area contributed by atoms with E-state index in [4.69, 9.17) is 11.6 Å². The van der Waals surface area contributed by atoms with Gasteiger partial charge in [0.15, 0.2) is 0 Å². The SMILES string of the molecule is CN1CCCC(CNC(=O)CCCl)C1. The van der Waals surface area contributed by atoms with Gasteiger partial charge in [-0.25, -0.2) is 0 Å². The van der Waals surface area contributed by atoms with E-state index in [9.17, 15) is 4.79 Å². The average Bonchev–Trinajstić information content (AvgIpc) is 2.15. The first-order chi connectivity index (χ1) is 6.72. The third-order valence-corrected chi connectivity index (χ3v) is 2.82. The van der Waals surface area contributed by atoms with E-state index in [1.165, 1.54) is 19.4 Å². The van der Waals surface area contributed by atoms with Gasteiger partial charge in [-0.1, -0.05) is 0 Å². The number of carbonyl (C=O) groups is 1. The Labute approximate surface area is 90.8 Å². The number of amides is 1. The topological polar surface area (TPSA) is 32.3 Å². The zero-order valence-corrected chi connectivity index (χ0v) is 9.52. The Hall–Kier alpha value is -0.280. The highest BCUT2D eigenvalue weighted by Crippen LogP contribution is 2.13. The van der Waals surface area contributed by atoms with Crippen molar-refractivity contribution in [1.82, 2.24) is 10.2 Å². The van der Waals surface area contributed by atoms with Crippen LogP contribution >= 0.6 is 11.6 Å². The highest BCUT2D eigenvalue weighted by Gasteiger charge is 2.17. The first-order valence-corrected chi connectivity index (χ1v) is 5.77. The lowest BCUT2D eigenvalue weighted by Crippen LogP contribution is -2.39. The summed E-state index contributed by atoms with van der Waals surface area (Å²) in [5.41, 5.74) is 0. The van der Waals surface area contributed by atoms with Crippen molar-refractivity contribution in [3.63, 3.8) is 0 Å². The smallest absolute Gasteiger partial charge is 0.221 e. The van der Waals surface area contributed by atoms with Gasteiger partial charge in [-0.15, -0.1) is 11.6 Å². The fourth-order valence-electron chi connectivity index (χ4n) is 1.87. The Bertz CT molecular complexity index is 187. The first-order valence-electron chi connectivity index (χ1n) is 5.23. The normalized spacial score (nSPS) is 23.4. The molecule has 3 nitrogen and oxygen atoms in total. The van der Waals surface area contributed by atoms with Crippen molar-refractivity contribution in [2.24, 2.45) is 5.92 Å². The van der Waals surface area contributed by atoms with Gasteiger partial charge in [0.05, 0.1) is 0 Å². The minimum atomic E-state index is 0.0771. The van der Waals surface area contributed by atoms with Crippen LogP contribution in [0, 0.1) is 5.92 Å². The molecule has 0 aromatic rings. The van der Waals surface area contributed by atoms with Crippen molar-refractivity contribution in [3.05, 3.63) is 0 Å². The number of nitrogens with one attached hydrogen (secondary N) is 1. The van der Waals surface area contributed by atoms with Crippen LogP contribution < -0.4 is 5.32 Å². The molecule has 0 aliphatic carbocycles. The van der Waals surface area contributed by atoms with Gasteiger partial charge in [-0.3, -0.25) is 4.79 Å². The molecule has 0 radical (unpaired) electrons. The van der Waals surface area contributed by atoms with Gasteiger partial charge in [0.25, 0.3) is 0 Å². The summed E-state index contributed by atoms with van der Waals surface area (Å²) in [4.78, 5) is 13.5. The molecule has 1 rings (SSSR count). The molecule has 1 N–H and O–H groups in total. The molecular weight excluding hydrogens is 200 g/mol. The van der Waals surface area contributed by atoms with Crippen LogP contribution in [-0.2, 0) is 4.79 Å². The van der Waals surface area contributed by atoms with Crippen molar-refractivity contribution in [2.45, 2.75) is 19.3 Å². The lowest BCUT2D eigenvalue weighted by atomic mass is 9.98. The average molecular weight is 219 g/mol. The molecule has 0 spiro atoms. The second-order valence-electron chi connectivity index (χ2n) is 4.01. The number of carbonyl (C=O) groups excluding carboxylic acids is 1. The van der Waals surface area contributed by atoms with Crippen LogP contribution in [0.25, 0.3) is 0 Å². The Morgan fingerprint density at radius 3 is 3.07 bits per heavy atom. The predicted molar refractivity (Wildman–Crippen MR) is 58.6 cm³/mol. The Balaban J connectivity index is 2.14. The van der Waals surface area contributed by atoms with E-state index in [1.54, 1.807) is 0 Å².